The molecule has 1 aliphatic rings. The van der Waals surface area contributed by atoms with Gasteiger partial charge in [-0.05, 0) is 13.3 Å². The lowest BCUT2D eigenvalue weighted by Gasteiger charge is -2.15. The number of nitrogens with two attached hydrogens (primary N) is 1. The van der Waals surface area contributed by atoms with Gasteiger partial charge in [0.1, 0.15) is 0 Å². The number of carbonyl (C=O) groups excluding carboxylic acids is 1. The van der Waals surface area contributed by atoms with Crippen molar-refractivity contribution in [2.75, 3.05) is 13.1 Å². The Kier molecular flexibility index (Phi) is 2.29. The second-order valence-corrected chi connectivity index (χ2v) is 3.11. The van der Waals surface area contributed by atoms with Gasteiger partial charge in [0.15, 0.2) is 0 Å². The molecule has 1 heterocycles. The Morgan fingerprint density at radius 1 is 1.91 bits per heavy atom. The Hall–Kier alpha value is -0.830. The van der Waals surface area contributed by atoms with E-state index in [4.69, 9.17) is 5.73 Å². The van der Waals surface area contributed by atoms with Gasteiger partial charge < -0.3 is 10.6 Å². The quantitative estimate of drug-likeness (QED) is 0.574. The maximum absolute atomic E-state index is 11.2. The lowest BCUT2D eigenvalue weighted by Crippen LogP contribution is -2.34. The molecule has 1 atom stereocenters. The number of carbonyl (C=O) groups is 1. The molecule has 2 N–H and O–H groups in total. The molecule has 0 bridgehead atoms. The van der Waals surface area contributed by atoms with Crippen LogP contribution in [0, 0.1) is 0 Å². The van der Waals surface area contributed by atoms with Gasteiger partial charge in [0.25, 0.3) is 0 Å². The van der Waals surface area contributed by atoms with Crippen molar-refractivity contribution in [1.29, 1.82) is 0 Å². The van der Waals surface area contributed by atoms with E-state index in [0.717, 1.165) is 18.5 Å². The zero-order valence-corrected chi connectivity index (χ0v) is 6.84. The van der Waals surface area contributed by atoms with Crippen LogP contribution in [-0.2, 0) is 4.79 Å². The highest BCUT2D eigenvalue weighted by Gasteiger charge is 2.27. The SMILES string of the molecule is C=C(C)CN1CC[C@@H](N)C1=O. The fourth-order valence-electron chi connectivity index (χ4n) is 1.25. The average molecular weight is 154 g/mol. The maximum Gasteiger partial charge on any atom is 0.239 e. The molecular weight excluding hydrogens is 140 g/mol. The fourth-order valence-corrected chi connectivity index (χ4v) is 1.25. The van der Waals surface area contributed by atoms with Gasteiger partial charge in [0, 0.05) is 13.1 Å². The van der Waals surface area contributed by atoms with Crippen LogP contribution >= 0.6 is 0 Å². The highest BCUT2D eigenvalue weighted by atomic mass is 16.2. The molecule has 1 amide bonds. The molecule has 1 saturated heterocycles. The van der Waals surface area contributed by atoms with Crippen molar-refractivity contribution in [2.45, 2.75) is 19.4 Å². The van der Waals surface area contributed by atoms with Crippen LogP contribution in [0.4, 0.5) is 0 Å². The molecule has 62 valence electrons. The van der Waals surface area contributed by atoms with E-state index in [-0.39, 0.29) is 11.9 Å². The first-order valence-electron chi connectivity index (χ1n) is 3.80. The van der Waals surface area contributed by atoms with E-state index in [1.807, 2.05) is 6.92 Å². The third-order valence-electron chi connectivity index (χ3n) is 1.80. The van der Waals surface area contributed by atoms with Crippen LogP contribution < -0.4 is 5.73 Å². The molecule has 3 nitrogen and oxygen atoms in total. The summed E-state index contributed by atoms with van der Waals surface area (Å²) in [5.41, 5.74) is 6.53. The van der Waals surface area contributed by atoms with Crippen LogP contribution in [-0.4, -0.2) is 29.9 Å². The predicted molar refractivity (Wildman–Crippen MR) is 44.0 cm³/mol. The minimum atomic E-state index is -0.269. The number of rotatable bonds is 2. The van der Waals surface area contributed by atoms with E-state index < -0.39 is 0 Å². The molecule has 0 aliphatic carbocycles. The summed E-state index contributed by atoms with van der Waals surface area (Å²) in [6.07, 6.45) is 0.784. The third kappa shape index (κ3) is 1.80. The second-order valence-electron chi connectivity index (χ2n) is 3.11. The molecule has 11 heavy (non-hydrogen) atoms. The minimum absolute atomic E-state index is 0.0630. The van der Waals surface area contributed by atoms with Crippen molar-refractivity contribution in [3.8, 4) is 0 Å². The van der Waals surface area contributed by atoms with Gasteiger partial charge in [-0.3, -0.25) is 4.79 Å². The molecule has 0 aromatic heterocycles. The summed E-state index contributed by atoms with van der Waals surface area (Å²) in [6, 6.07) is -0.269. The van der Waals surface area contributed by atoms with Crippen molar-refractivity contribution in [1.82, 2.24) is 4.90 Å². The zero-order valence-electron chi connectivity index (χ0n) is 6.84. The number of hydrogen-bond donors (Lipinski definition) is 1. The zero-order chi connectivity index (χ0) is 8.43. The van der Waals surface area contributed by atoms with E-state index in [2.05, 4.69) is 6.58 Å². The van der Waals surface area contributed by atoms with E-state index in [9.17, 15) is 4.79 Å². The Labute approximate surface area is 66.9 Å². The van der Waals surface area contributed by atoms with Crippen molar-refractivity contribution >= 4 is 5.91 Å². The summed E-state index contributed by atoms with van der Waals surface area (Å²) >= 11 is 0. The fraction of sp³-hybridized carbons (Fsp3) is 0.625. The number of nitrogens with zero attached hydrogens (tertiary/aromatic N) is 1. The molecule has 0 spiro atoms. The van der Waals surface area contributed by atoms with Gasteiger partial charge in [-0.15, -0.1) is 0 Å². The summed E-state index contributed by atoms with van der Waals surface area (Å²) in [5, 5.41) is 0. The summed E-state index contributed by atoms with van der Waals surface area (Å²) in [5.74, 6) is 0.0630. The van der Waals surface area contributed by atoms with E-state index in [0.29, 0.717) is 6.54 Å². The second kappa shape index (κ2) is 3.05. The van der Waals surface area contributed by atoms with Crippen molar-refractivity contribution in [2.24, 2.45) is 5.73 Å². The number of likely N-dealkylation sites (tertiary alicyclic amines) is 1. The molecule has 0 aromatic carbocycles. The number of hydrogen-bond acceptors (Lipinski definition) is 2. The summed E-state index contributed by atoms with van der Waals surface area (Å²) in [6.45, 7) is 7.10. The van der Waals surface area contributed by atoms with E-state index in [1.54, 1.807) is 4.90 Å². The Morgan fingerprint density at radius 3 is 2.91 bits per heavy atom. The van der Waals surface area contributed by atoms with Gasteiger partial charge in [0.05, 0.1) is 6.04 Å². The highest BCUT2D eigenvalue weighted by molar-refractivity contribution is 5.83. The Balaban J connectivity index is 2.49. The van der Waals surface area contributed by atoms with Gasteiger partial charge in [-0.2, -0.15) is 0 Å². The first kappa shape index (κ1) is 8.27. The average Bonchev–Trinajstić information content (AvgIpc) is 2.18. The van der Waals surface area contributed by atoms with E-state index >= 15 is 0 Å². The number of amides is 1. The Bertz CT molecular complexity index is 189. The molecule has 1 fully saturated rings. The van der Waals surface area contributed by atoms with Crippen LogP contribution in [0.1, 0.15) is 13.3 Å². The van der Waals surface area contributed by atoms with Gasteiger partial charge in [0.2, 0.25) is 5.91 Å². The maximum atomic E-state index is 11.2. The van der Waals surface area contributed by atoms with Gasteiger partial charge in [-0.25, -0.2) is 0 Å². The third-order valence-corrected chi connectivity index (χ3v) is 1.80. The van der Waals surface area contributed by atoms with E-state index in [1.165, 1.54) is 0 Å². The first-order valence-corrected chi connectivity index (χ1v) is 3.80. The summed E-state index contributed by atoms with van der Waals surface area (Å²) in [7, 11) is 0. The summed E-state index contributed by atoms with van der Waals surface area (Å²) in [4.78, 5) is 13.0. The molecule has 1 rings (SSSR count). The standard InChI is InChI=1S/C8H14N2O/c1-6(2)5-10-4-3-7(9)8(10)11/h7H,1,3-5,9H2,2H3/t7-/m1/s1. The van der Waals surface area contributed by atoms with Crippen LogP contribution in [0.2, 0.25) is 0 Å². The lowest BCUT2D eigenvalue weighted by molar-refractivity contribution is -0.128. The van der Waals surface area contributed by atoms with Crippen LogP contribution in [0.25, 0.3) is 0 Å². The lowest BCUT2D eigenvalue weighted by atomic mass is 10.3. The largest absolute Gasteiger partial charge is 0.337 e. The van der Waals surface area contributed by atoms with Gasteiger partial charge >= 0.3 is 0 Å². The monoisotopic (exact) mass is 154 g/mol. The van der Waals surface area contributed by atoms with Crippen LogP contribution in [0.15, 0.2) is 12.2 Å². The van der Waals surface area contributed by atoms with Crippen molar-refractivity contribution in [3.05, 3.63) is 12.2 Å². The highest BCUT2D eigenvalue weighted by Crippen LogP contribution is 2.09. The molecule has 0 radical (unpaired) electrons. The Morgan fingerprint density at radius 2 is 2.55 bits per heavy atom. The molecule has 0 unspecified atom stereocenters. The molecule has 3 heteroatoms. The molecule has 0 aromatic rings. The van der Waals surface area contributed by atoms with Crippen LogP contribution in [0.5, 0.6) is 0 Å². The smallest absolute Gasteiger partial charge is 0.239 e. The topological polar surface area (TPSA) is 46.3 Å². The minimum Gasteiger partial charge on any atom is -0.337 e. The van der Waals surface area contributed by atoms with Gasteiger partial charge in [-0.1, -0.05) is 12.2 Å². The van der Waals surface area contributed by atoms with Crippen molar-refractivity contribution in [3.63, 3.8) is 0 Å². The summed E-state index contributed by atoms with van der Waals surface area (Å²) < 4.78 is 0. The first-order chi connectivity index (χ1) is 5.11. The molecular formula is C8H14N2O. The van der Waals surface area contributed by atoms with Crippen molar-refractivity contribution < 1.29 is 4.79 Å². The predicted octanol–water partition coefficient (Wildman–Crippen LogP) is 0.122. The normalized spacial score (nSPS) is 24.4. The van der Waals surface area contributed by atoms with Crippen LogP contribution in [0.3, 0.4) is 0 Å². The molecule has 1 aliphatic heterocycles. The molecule has 0 saturated carbocycles.